The van der Waals surface area contributed by atoms with Crippen molar-refractivity contribution in [2.24, 2.45) is 5.92 Å². The number of benzene rings is 1. The molecule has 0 radical (unpaired) electrons. The summed E-state index contributed by atoms with van der Waals surface area (Å²) in [4.78, 5) is 14.3. The van der Waals surface area contributed by atoms with Crippen LogP contribution in [-0.2, 0) is 11.3 Å². The number of carbonyl (C=O) groups excluding carboxylic acids is 1. The van der Waals surface area contributed by atoms with E-state index in [-0.39, 0.29) is 11.8 Å². The molecule has 4 heteroatoms. The number of hydrogen-bond donors (Lipinski definition) is 0. The molecule has 1 aliphatic carbocycles. The molecular weight excluding hydrogens is 266 g/mol. The fourth-order valence-electron chi connectivity index (χ4n) is 2.98. The van der Waals surface area contributed by atoms with E-state index in [1.54, 1.807) is 14.2 Å². The summed E-state index contributed by atoms with van der Waals surface area (Å²) in [6.07, 6.45) is 5.68. The molecule has 1 aliphatic rings. The van der Waals surface area contributed by atoms with Crippen LogP contribution < -0.4 is 9.47 Å². The summed E-state index contributed by atoms with van der Waals surface area (Å²) < 4.78 is 10.6. The molecule has 0 aliphatic heterocycles. The van der Waals surface area contributed by atoms with Crippen LogP contribution >= 0.6 is 0 Å². The number of amides is 1. The maximum atomic E-state index is 12.5. The van der Waals surface area contributed by atoms with Gasteiger partial charge in [0.15, 0.2) is 0 Å². The minimum absolute atomic E-state index is 0.202. The van der Waals surface area contributed by atoms with Gasteiger partial charge in [0.25, 0.3) is 0 Å². The Balaban J connectivity index is 2.04. The van der Waals surface area contributed by atoms with Gasteiger partial charge in [-0.3, -0.25) is 4.79 Å². The van der Waals surface area contributed by atoms with Crippen LogP contribution in [0.25, 0.3) is 0 Å². The van der Waals surface area contributed by atoms with Gasteiger partial charge < -0.3 is 14.4 Å². The van der Waals surface area contributed by atoms with Crippen molar-refractivity contribution in [2.75, 3.05) is 21.3 Å². The maximum Gasteiger partial charge on any atom is 0.225 e. The molecule has 21 heavy (non-hydrogen) atoms. The first-order valence-corrected chi connectivity index (χ1v) is 7.61. The van der Waals surface area contributed by atoms with Crippen LogP contribution in [0.15, 0.2) is 18.2 Å². The summed E-state index contributed by atoms with van der Waals surface area (Å²) in [5.74, 6) is 1.98. The lowest BCUT2D eigenvalue weighted by Gasteiger charge is -2.27. The molecule has 1 aromatic rings. The Labute approximate surface area is 127 Å². The second-order valence-corrected chi connectivity index (χ2v) is 5.71. The topological polar surface area (TPSA) is 38.8 Å². The standard InChI is InChI=1S/C17H25NO3/c1-18(17(19)13-7-5-4-6-8-13)12-14-9-10-15(20-2)11-16(14)21-3/h9-11,13H,4-8,12H2,1-3H3. The maximum absolute atomic E-state index is 12.5. The minimum atomic E-state index is 0.202. The summed E-state index contributed by atoms with van der Waals surface area (Å²) in [6, 6.07) is 5.72. The molecule has 4 nitrogen and oxygen atoms in total. The normalized spacial score (nSPS) is 15.6. The summed E-state index contributed by atoms with van der Waals surface area (Å²) in [5.41, 5.74) is 1.00. The zero-order valence-corrected chi connectivity index (χ0v) is 13.2. The van der Waals surface area contributed by atoms with E-state index in [1.165, 1.54) is 19.3 Å². The molecule has 0 aromatic heterocycles. The zero-order chi connectivity index (χ0) is 15.2. The van der Waals surface area contributed by atoms with Gasteiger partial charge in [0.1, 0.15) is 11.5 Å². The van der Waals surface area contributed by atoms with Crippen molar-refractivity contribution in [3.63, 3.8) is 0 Å². The molecule has 0 N–H and O–H groups in total. The van der Waals surface area contributed by atoms with E-state index in [9.17, 15) is 4.79 Å². The number of nitrogens with zero attached hydrogens (tertiary/aromatic N) is 1. The molecule has 0 atom stereocenters. The summed E-state index contributed by atoms with van der Waals surface area (Å²) in [7, 11) is 5.15. The number of methoxy groups -OCH3 is 2. The van der Waals surface area contributed by atoms with Crippen LogP contribution in [-0.4, -0.2) is 32.1 Å². The molecular formula is C17H25NO3. The number of carbonyl (C=O) groups is 1. The van der Waals surface area contributed by atoms with E-state index in [0.29, 0.717) is 6.54 Å². The highest BCUT2D eigenvalue weighted by Gasteiger charge is 2.24. The Morgan fingerprint density at radius 2 is 1.90 bits per heavy atom. The molecule has 0 heterocycles. The Morgan fingerprint density at radius 3 is 2.52 bits per heavy atom. The molecule has 116 valence electrons. The van der Waals surface area contributed by atoms with Gasteiger partial charge in [0, 0.05) is 31.1 Å². The highest BCUT2D eigenvalue weighted by Crippen LogP contribution is 2.28. The average molecular weight is 291 g/mol. The van der Waals surface area contributed by atoms with Gasteiger partial charge in [-0.05, 0) is 25.0 Å². The van der Waals surface area contributed by atoms with Crippen molar-refractivity contribution in [3.8, 4) is 11.5 Å². The zero-order valence-electron chi connectivity index (χ0n) is 13.2. The van der Waals surface area contributed by atoms with Crippen molar-refractivity contribution in [2.45, 2.75) is 38.6 Å². The molecule has 1 saturated carbocycles. The summed E-state index contributed by atoms with van der Waals surface area (Å²) in [6.45, 7) is 0.572. The highest BCUT2D eigenvalue weighted by molar-refractivity contribution is 5.78. The lowest BCUT2D eigenvalue weighted by molar-refractivity contribution is -0.135. The first-order valence-electron chi connectivity index (χ1n) is 7.61. The Hall–Kier alpha value is -1.71. The first-order chi connectivity index (χ1) is 10.2. The lowest BCUT2D eigenvalue weighted by Crippen LogP contribution is -2.33. The van der Waals surface area contributed by atoms with E-state index in [2.05, 4.69) is 0 Å². The van der Waals surface area contributed by atoms with Crippen molar-refractivity contribution in [3.05, 3.63) is 23.8 Å². The van der Waals surface area contributed by atoms with Gasteiger partial charge in [-0.25, -0.2) is 0 Å². The molecule has 1 fully saturated rings. The fourth-order valence-corrected chi connectivity index (χ4v) is 2.98. The van der Waals surface area contributed by atoms with Gasteiger partial charge in [-0.1, -0.05) is 19.3 Å². The average Bonchev–Trinajstić information content (AvgIpc) is 2.55. The van der Waals surface area contributed by atoms with Crippen LogP contribution in [0, 0.1) is 5.92 Å². The van der Waals surface area contributed by atoms with Gasteiger partial charge in [0.2, 0.25) is 5.91 Å². The minimum Gasteiger partial charge on any atom is -0.497 e. The number of hydrogen-bond acceptors (Lipinski definition) is 3. The molecule has 2 rings (SSSR count). The van der Waals surface area contributed by atoms with Gasteiger partial charge in [-0.2, -0.15) is 0 Å². The van der Waals surface area contributed by atoms with Crippen LogP contribution in [0.4, 0.5) is 0 Å². The molecule has 0 bridgehead atoms. The van der Waals surface area contributed by atoms with E-state index in [4.69, 9.17) is 9.47 Å². The van der Waals surface area contributed by atoms with Crippen molar-refractivity contribution in [1.82, 2.24) is 4.90 Å². The van der Waals surface area contributed by atoms with Crippen LogP contribution in [0.2, 0.25) is 0 Å². The molecule has 0 spiro atoms. The monoisotopic (exact) mass is 291 g/mol. The van der Waals surface area contributed by atoms with E-state index in [0.717, 1.165) is 29.9 Å². The third kappa shape index (κ3) is 3.90. The number of rotatable bonds is 5. The second kappa shape index (κ2) is 7.34. The van der Waals surface area contributed by atoms with E-state index >= 15 is 0 Å². The van der Waals surface area contributed by atoms with Crippen molar-refractivity contribution in [1.29, 1.82) is 0 Å². The van der Waals surface area contributed by atoms with E-state index < -0.39 is 0 Å². The van der Waals surface area contributed by atoms with Crippen LogP contribution in [0.3, 0.4) is 0 Å². The van der Waals surface area contributed by atoms with Gasteiger partial charge >= 0.3 is 0 Å². The van der Waals surface area contributed by atoms with E-state index in [1.807, 2.05) is 30.1 Å². The largest absolute Gasteiger partial charge is 0.497 e. The fraction of sp³-hybridized carbons (Fsp3) is 0.588. The third-order valence-electron chi connectivity index (χ3n) is 4.23. The predicted molar refractivity (Wildman–Crippen MR) is 82.6 cm³/mol. The summed E-state index contributed by atoms with van der Waals surface area (Å²) >= 11 is 0. The Kier molecular flexibility index (Phi) is 5.48. The molecule has 0 unspecified atom stereocenters. The van der Waals surface area contributed by atoms with Gasteiger partial charge in [0.05, 0.1) is 14.2 Å². The van der Waals surface area contributed by atoms with Gasteiger partial charge in [-0.15, -0.1) is 0 Å². The number of ether oxygens (including phenoxy) is 2. The second-order valence-electron chi connectivity index (χ2n) is 5.71. The predicted octanol–water partition coefficient (Wildman–Crippen LogP) is 3.24. The smallest absolute Gasteiger partial charge is 0.225 e. The SMILES string of the molecule is COc1ccc(CN(C)C(=O)C2CCCCC2)c(OC)c1. The van der Waals surface area contributed by atoms with Crippen LogP contribution in [0.1, 0.15) is 37.7 Å². The van der Waals surface area contributed by atoms with Crippen LogP contribution in [0.5, 0.6) is 11.5 Å². The Morgan fingerprint density at radius 1 is 1.19 bits per heavy atom. The summed E-state index contributed by atoms with van der Waals surface area (Å²) in [5, 5.41) is 0. The van der Waals surface area contributed by atoms with Crippen molar-refractivity contribution >= 4 is 5.91 Å². The third-order valence-corrected chi connectivity index (χ3v) is 4.23. The molecule has 1 aromatic carbocycles. The lowest BCUT2D eigenvalue weighted by atomic mass is 9.88. The Bertz CT molecular complexity index is 481. The molecule has 1 amide bonds. The quantitative estimate of drug-likeness (QED) is 0.836. The first kappa shape index (κ1) is 15.7. The van der Waals surface area contributed by atoms with Crippen molar-refractivity contribution < 1.29 is 14.3 Å². The molecule has 0 saturated heterocycles. The highest BCUT2D eigenvalue weighted by atomic mass is 16.5.